The number of nitrogens with one attached hydrogen (secondary N) is 2. The smallest absolute Gasteiger partial charge is 0.137 e. The lowest BCUT2D eigenvalue weighted by molar-refractivity contribution is 0.108. The van der Waals surface area contributed by atoms with E-state index in [1.807, 2.05) is 0 Å². The molecule has 0 saturated carbocycles. The van der Waals surface area contributed by atoms with Crippen molar-refractivity contribution in [3.8, 4) is 0 Å². The minimum Gasteiger partial charge on any atom is -0.301 e. The van der Waals surface area contributed by atoms with Gasteiger partial charge in [0.05, 0.1) is 6.17 Å². The minimum absolute atomic E-state index is 0.513. The number of H-pyrrole nitrogens is 1. The first-order valence-corrected chi connectivity index (χ1v) is 6.76. The Balaban J connectivity index is 1.53. The molecule has 2 saturated heterocycles. The second kappa shape index (κ2) is 5.14. The lowest BCUT2D eigenvalue weighted by atomic mass is 9.96. The van der Waals surface area contributed by atoms with Crippen LogP contribution in [0.4, 0.5) is 0 Å². The van der Waals surface area contributed by atoms with Crippen LogP contribution in [0.2, 0.25) is 0 Å². The summed E-state index contributed by atoms with van der Waals surface area (Å²) in [7, 11) is 0. The van der Waals surface area contributed by atoms with Gasteiger partial charge in [0.1, 0.15) is 12.2 Å². The summed E-state index contributed by atoms with van der Waals surface area (Å²) in [5.74, 6) is 1.55. The van der Waals surface area contributed by atoms with E-state index in [1.165, 1.54) is 45.2 Å². The van der Waals surface area contributed by atoms with Crippen molar-refractivity contribution in [1.82, 2.24) is 25.4 Å². The molecule has 1 aromatic rings. The van der Waals surface area contributed by atoms with E-state index in [1.54, 1.807) is 6.33 Å². The van der Waals surface area contributed by atoms with E-state index in [0.29, 0.717) is 12.1 Å². The normalized spacial score (nSPS) is 31.5. The van der Waals surface area contributed by atoms with Gasteiger partial charge in [-0.15, -0.1) is 0 Å². The van der Waals surface area contributed by atoms with Crippen molar-refractivity contribution in [2.45, 2.75) is 44.2 Å². The third-order valence-electron chi connectivity index (χ3n) is 4.04. The molecule has 2 aliphatic rings. The van der Waals surface area contributed by atoms with Crippen LogP contribution in [0.25, 0.3) is 0 Å². The zero-order valence-electron chi connectivity index (χ0n) is 10.2. The monoisotopic (exact) mass is 235 g/mol. The molecule has 2 N–H and O–H groups in total. The van der Waals surface area contributed by atoms with Crippen LogP contribution < -0.4 is 5.32 Å². The summed E-state index contributed by atoms with van der Waals surface area (Å²) in [4.78, 5) is 6.87. The molecular formula is C12H21N5. The van der Waals surface area contributed by atoms with Gasteiger partial charge in [-0.2, -0.15) is 5.10 Å². The molecule has 2 fully saturated rings. The Morgan fingerprint density at radius 1 is 1.18 bits per heavy atom. The molecule has 3 heterocycles. The molecule has 0 amide bonds. The fourth-order valence-electron chi connectivity index (χ4n) is 3.03. The predicted octanol–water partition coefficient (Wildman–Crippen LogP) is 1.08. The van der Waals surface area contributed by atoms with Gasteiger partial charge in [0.15, 0.2) is 0 Å². The molecule has 2 atom stereocenters. The average Bonchev–Trinajstić information content (AvgIpc) is 2.94. The highest BCUT2D eigenvalue weighted by molar-refractivity contribution is 4.97. The third kappa shape index (κ3) is 2.50. The largest absolute Gasteiger partial charge is 0.301 e. The van der Waals surface area contributed by atoms with Crippen molar-refractivity contribution < 1.29 is 0 Å². The van der Waals surface area contributed by atoms with Crippen molar-refractivity contribution in [2.75, 3.05) is 19.6 Å². The Hall–Kier alpha value is -0.940. The molecule has 94 valence electrons. The highest BCUT2D eigenvalue weighted by atomic mass is 15.3. The van der Waals surface area contributed by atoms with E-state index in [2.05, 4.69) is 25.4 Å². The van der Waals surface area contributed by atoms with Gasteiger partial charge < -0.3 is 5.32 Å². The van der Waals surface area contributed by atoms with Crippen LogP contribution in [0.1, 0.15) is 43.8 Å². The number of likely N-dealkylation sites (tertiary alicyclic amines) is 1. The highest BCUT2D eigenvalue weighted by Crippen LogP contribution is 2.24. The van der Waals surface area contributed by atoms with Crippen molar-refractivity contribution in [1.29, 1.82) is 0 Å². The van der Waals surface area contributed by atoms with Crippen molar-refractivity contribution >= 4 is 0 Å². The molecular weight excluding hydrogens is 214 g/mol. The summed E-state index contributed by atoms with van der Waals surface area (Å²) in [6.07, 6.45) is 8.77. The van der Waals surface area contributed by atoms with E-state index in [9.17, 15) is 0 Å². The summed E-state index contributed by atoms with van der Waals surface area (Å²) >= 11 is 0. The Bertz CT molecular complexity index is 323. The van der Waals surface area contributed by atoms with E-state index >= 15 is 0 Å². The van der Waals surface area contributed by atoms with Crippen LogP contribution in [0, 0.1) is 0 Å². The number of hydrogen-bond donors (Lipinski definition) is 2. The van der Waals surface area contributed by atoms with Gasteiger partial charge >= 0.3 is 0 Å². The molecule has 5 heteroatoms. The fourth-order valence-corrected chi connectivity index (χ4v) is 3.03. The van der Waals surface area contributed by atoms with E-state index < -0.39 is 0 Å². The zero-order chi connectivity index (χ0) is 11.5. The first-order chi connectivity index (χ1) is 8.43. The van der Waals surface area contributed by atoms with Crippen LogP contribution in [-0.2, 0) is 0 Å². The average molecular weight is 235 g/mol. The third-order valence-corrected chi connectivity index (χ3v) is 4.04. The predicted molar refractivity (Wildman–Crippen MR) is 65.6 cm³/mol. The van der Waals surface area contributed by atoms with Gasteiger partial charge in [-0.1, -0.05) is 6.42 Å². The Kier molecular flexibility index (Phi) is 3.38. The maximum absolute atomic E-state index is 4.26. The molecule has 0 bridgehead atoms. The summed E-state index contributed by atoms with van der Waals surface area (Å²) in [5.41, 5.74) is 0. The quantitative estimate of drug-likeness (QED) is 0.805. The van der Waals surface area contributed by atoms with Gasteiger partial charge in [-0.3, -0.25) is 10.00 Å². The zero-order valence-corrected chi connectivity index (χ0v) is 10.2. The molecule has 17 heavy (non-hydrogen) atoms. The molecule has 0 aromatic carbocycles. The molecule has 0 radical (unpaired) electrons. The fraction of sp³-hybridized carbons (Fsp3) is 0.833. The lowest BCUT2D eigenvalue weighted by Gasteiger charge is -2.39. The Morgan fingerprint density at radius 3 is 2.71 bits per heavy atom. The lowest BCUT2D eigenvalue weighted by Crippen LogP contribution is -2.51. The molecule has 1 aromatic heterocycles. The summed E-state index contributed by atoms with van der Waals surface area (Å²) in [6.45, 7) is 3.56. The SMILES string of the molecule is c1n[nH]c(C2CCC(N3CCCCC3)NC2)n1. The molecule has 5 nitrogen and oxygen atoms in total. The van der Waals surface area contributed by atoms with Gasteiger partial charge in [0.2, 0.25) is 0 Å². The second-order valence-corrected chi connectivity index (χ2v) is 5.17. The van der Waals surface area contributed by atoms with Crippen LogP contribution in [0.5, 0.6) is 0 Å². The number of hydrogen-bond acceptors (Lipinski definition) is 4. The summed E-state index contributed by atoms with van der Waals surface area (Å²) < 4.78 is 0. The maximum Gasteiger partial charge on any atom is 0.137 e. The summed E-state index contributed by atoms with van der Waals surface area (Å²) in [6, 6.07) is 0. The number of nitrogens with zero attached hydrogens (tertiary/aromatic N) is 3. The molecule has 3 rings (SSSR count). The van der Waals surface area contributed by atoms with Crippen LogP contribution in [0.15, 0.2) is 6.33 Å². The maximum atomic E-state index is 4.26. The Labute approximate surface area is 102 Å². The molecule has 2 aliphatic heterocycles. The number of rotatable bonds is 2. The van der Waals surface area contributed by atoms with Gasteiger partial charge in [-0.05, 0) is 38.8 Å². The molecule has 0 aliphatic carbocycles. The molecule has 2 unspecified atom stereocenters. The van der Waals surface area contributed by atoms with Crippen molar-refractivity contribution in [3.05, 3.63) is 12.2 Å². The van der Waals surface area contributed by atoms with Crippen LogP contribution >= 0.6 is 0 Å². The van der Waals surface area contributed by atoms with Crippen molar-refractivity contribution in [3.63, 3.8) is 0 Å². The van der Waals surface area contributed by atoms with E-state index in [4.69, 9.17) is 0 Å². The van der Waals surface area contributed by atoms with Gasteiger partial charge in [0.25, 0.3) is 0 Å². The van der Waals surface area contributed by atoms with Crippen LogP contribution in [0.3, 0.4) is 0 Å². The van der Waals surface area contributed by atoms with Gasteiger partial charge in [0, 0.05) is 12.5 Å². The first-order valence-electron chi connectivity index (χ1n) is 6.76. The second-order valence-electron chi connectivity index (χ2n) is 5.17. The van der Waals surface area contributed by atoms with Gasteiger partial charge in [-0.25, -0.2) is 4.98 Å². The van der Waals surface area contributed by atoms with Crippen LogP contribution in [-0.4, -0.2) is 45.9 Å². The highest BCUT2D eigenvalue weighted by Gasteiger charge is 2.27. The standard InChI is InChI=1S/C12H21N5/c1-2-6-17(7-3-1)11-5-4-10(8-13-11)12-14-9-15-16-12/h9-11,13H,1-8H2,(H,14,15,16). The van der Waals surface area contributed by atoms with E-state index in [-0.39, 0.29) is 0 Å². The minimum atomic E-state index is 0.513. The topological polar surface area (TPSA) is 56.8 Å². The molecule has 0 spiro atoms. The number of aromatic amines is 1. The summed E-state index contributed by atoms with van der Waals surface area (Å²) in [5, 5.41) is 10.6. The Morgan fingerprint density at radius 2 is 2.06 bits per heavy atom. The number of aromatic nitrogens is 3. The van der Waals surface area contributed by atoms with E-state index in [0.717, 1.165) is 12.4 Å². The first kappa shape index (κ1) is 11.2. The number of piperidine rings is 2. The van der Waals surface area contributed by atoms with Crippen molar-refractivity contribution in [2.24, 2.45) is 0 Å².